The van der Waals surface area contributed by atoms with Gasteiger partial charge in [0, 0.05) is 43.4 Å². The first-order valence-corrected chi connectivity index (χ1v) is 9.15. The highest BCUT2D eigenvalue weighted by Gasteiger charge is 2.20. The van der Waals surface area contributed by atoms with Crippen LogP contribution in [0.4, 0.5) is 5.69 Å². The van der Waals surface area contributed by atoms with Crippen LogP contribution in [0.5, 0.6) is 5.75 Å². The summed E-state index contributed by atoms with van der Waals surface area (Å²) in [5.74, 6) is 0.606. The summed E-state index contributed by atoms with van der Waals surface area (Å²) in [5, 5.41) is 11.5. The predicted molar refractivity (Wildman–Crippen MR) is 110 cm³/mol. The molecule has 0 amide bonds. The Morgan fingerprint density at radius 2 is 1.73 bits per heavy atom. The van der Waals surface area contributed by atoms with Crippen LogP contribution >= 0.6 is 35.6 Å². The fourth-order valence-electron chi connectivity index (χ4n) is 2.96. The second kappa shape index (κ2) is 10.2. The number of anilines is 1. The largest absolute Gasteiger partial charge is 0.489 e. The summed E-state index contributed by atoms with van der Waals surface area (Å²) >= 11 is 12.1. The lowest BCUT2D eigenvalue weighted by molar-refractivity contribution is 0.0663. The minimum Gasteiger partial charge on any atom is -0.489 e. The standard InChI is InChI=1S/C19H22Cl2N2O2.ClH/c20-15-4-3-5-16(12-15)23-10-8-22(9-11-23)13-17(24)14-25-19-7-2-1-6-18(19)21;/h1-7,12,17,24H,8-11,13-14H2;1H. The number of para-hydroxylation sites is 1. The van der Waals surface area contributed by atoms with E-state index in [-0.39, 0.29) is 19.0 Å². The van der Waals surface area contributed by atoms with Crippen LogP contribution in [0.3, 0.4) is 0 Å². The summed E-state index contributed by atoms with van der Waals surface area (Å²) in [6.07, 6.45) is -0.547. The van der Waals surface area contributed by atoms with Crippen molar-refractivity contribution in [3.63, 3.8) is 0 Å². The van der Waals surface area contributed by atoms with Crippen LogP contribution in [0.1, 0.15) is 0 Å². The van der Waals surface area contributed by atoms with Crippen LogP contribution in [-0.2, 0) is 0 Å². The molecule has 0 saturated carbocycles. The molecule has 0 radical (unpaired) electrons. The lowest BCUT2D eigenvalue weighted by Crippen LogP contribution is -2.49. The van der Waals surface area contributed by atoms with Gasteiger partial charge < -0.3 is 14.7 Å². The van der Waals surface area contributed by atoms with Crippen molar-refractivity contribution < 1.29 is 9.84 Å². The molecular weight excluding hydrogens is 395 g/mol. The topological polar surface area (TPSA) is 35.9 Å². The third kappa shape index (κ3) is 5.93. The number of halogens is 3. The van der Waals surface area contributed by atoms with Crippen molar-refractivity contribution in [3.05, 3.63) is 58.6 Å². The predicted octanol–water partition coefficient (Wildman–Crippen LogP) is 3.98. The first-order valence-electron chi connectivity index (χ1n) is 8.40. The van der Waals surface area contributed by atoms with Crippen LogP contribution in [0, 0.1) is 0 Å². The maximum Gasteiger partial charge on any atom is 0.138 e. The van der Waals surface area contributed by atoms with E-state index in [2.05, 4.69) is 15.9 Å². The van der Waals surface area contributed by atoms with E-state index in [1.165, 1.54) is 0 Å². The van der Waals surface area contributed by atoms with Crippen molar-refractivity contribution in [3.8, 4) is 5.75 Å². The van der Waals surface area contributed by atoms with Gasteiger partial charge in [0.05, 0.1) is 5.02 Å². The van der Waals surface area contributed by atoms with E-state index in [0.717, 1.165) is 36.9 Å². The summed E-state index contributed by atoms with van der Waals surface area (Å²) < 4.78 is 5.61. The maximum absolute atomic E-state index is 10.2. The number of nitrogens with zero attached hydrogens (tertiary/aromatic N) is 2. The molecule has 1 unspecified atom stereocenters. The van der Waals surface area contributed by atoms with Crippen molar-refractivity contribution in [2.45, 2.75) is 6.10 Å². The van der Waals surface area contributed by atoms with Gasteiger partial charge in [0.2, 0.25) is 0 Å². The molecule has 7 heteroatoms. The quantitative estimate of drug-likeness (QED) is 0.771. The molecule has 2 aromatic rings. The number of hydrogen-bond donors (Lipinski definition) is 1. The molecule has 142 valence electrons. The Kier molecular flexibility index (Phi) is 8.32. The number of hydrogen-bond acceptors (Lipinski definition) is 4. The average Bonchev–Trinajstić information content (AvgIpc) is 2.62. The van der Waals surface area contributed by atoms with E-state index in [1.807, 2.05) is 30.3 Å². The van der Waals surface area contributed by atoms with Gasteiger partial charge in [0.25, 0.3) is 0 Å². The van der Waals surface area contributed by atoms with Crippen LogP contribution in [-0.4, -0.2) is 55.4 Å². The van der Waals surface area contributed by atoms with Crippen molar-refractivity contribution in [1.82, 2.24) is 4.90 Å². The minimum atomic E-state index is -0.547. The molecule has 1 saturated heterocycles. The molecule has 1 aliphatic heterocycles. The summed E-state index contributed by atoms with van der Waals surface area (Å²) in [6.45, 7) is 4.45. The highest BCUT2D eigenvalue weighted by atomic mass is 35.5. The first-order chi connectivity index (χ1) is 12.1. The summed E-state index contributed by atoms with van der Waals surface area (Å²) in [7, 11) is 0. The summed E-state index contributed by atoms with van der Waals surface area (Å²) in [6, 6.07) is 15.2. The Morgan fingerprint density at radius 3 is 2.42 bits per heavy atom. The van der Waals surface area contributed by atoms with E-state index in [4.69, 9.17) is 27.9 Å². The van der Waals surface area contributed by atoms with Crippen molar-refractivity contribution >= 4 is 41.3 Å². The average molecular weight is 418 g/mol. The van der Waals surface area contributed by atoms with E-state index in [1.54, 1.807) is 12.1 Å². The molecule has 0 aliphatic carbocycles. The van der Waals surface area contributed by atoms with Gasteiger partial charge in [-0.25, -0.2) is 0 Å². The SMILES string of the molecule is Cl.OC(COc1ccccc1Cl)CN1CCN(c2cccc(Cl)c2)CC1. The van der Waals surface area contributed by atoms with Crippen LogP contribution < -0.4 is 9.64 Å². The van der Waals surface area contributed by atoms with Gasteiger partial charge in [0.1, 0.15) is 18.5 Å². The van der Waals surface area contributed by atoms with Gasteiger partial charge in [-0.05, 0) is 30.3 Å². The molecule has 0 aromatic heterocycles. The number of ether oxygens (including phenoxy) is 1. The second-order valence-electron chi connectivity index (χ2n) is 6.16. The molecular formula is C19H23Cl3N2O2. The van der Waals surface area contributed by atoms with Crippen LogP contribution in [0.25, 0.3) is 0 Å². The number of benzene rings is 2. The molecule has 1 aliphatic rings. The lowest BCUT2D eigenvalue weighted by atomic mass is 10.2. The number of aliphatic hydroxyl groups excluding tert-OH is 1. The molecule has 3 rings (SSSR count). The minimum absolute atomic E-state index is 0. The first kappa shape index (κ1) is 21.1. The molecule has 0 bridgehead atoms. The molecule has 26 heavy (non-hydrogen) atoms. The Balaban J connectivity index is 0.00000243. The Morgan fingerprint density at radius 1 is 1.00 bits per heavy atom. The number of aliphatic hydroxyl groups is 1. The van der Waals surface area contributed by atoms with Gasteiger partial charge >= 0.3 is 0 Å². The zero-order valence-electron chi connectivity index (χ0n) is 14.4. The number of piperazine rings is 1. The number of β-amino-alcohol motifs (C(OH)–C–C–N with tert-alkyl or cyclic N) is 1. The van der Waals surface area contributed by atoms with Crippen molar-refractivity contribution in [2.24, 2.45) is 0 Å². The monoisotopic (exact) mass is 416 g/mol. The molecule has 1 atom stereocenters. The van der Waals surface area contributed by atoms with Crippen LogP contribution in [0.15, 0.2) is 48.5 Å². The molecule has 1 heterocycles. The smallest absolute Gasteiger partial charge is 0.138 e. The van der Waals surface area contributed by atoms with Gasteiger partial charge in [0.15, 0.2) is 0 Å². The van der Waals surface area contributed by atoms with Gasteiger partial charge in [-0.15, -0.1) is 12.4 Å². The fraction of sp³-hybridized carbons (Fsp3) is 0.368. The lowest BCUT2D eigenvalue weighted by Gasteiger charge is -2.36. The Bertz CT molecular complexity index is 694. The molecule has 2 aromatic carbocycles. The molecule has 1 fully saturated rings. The van der Waals surface area contributed by atoms with E-state index < -0.39 is 6.10 Å². The second-order valence-corrected chi connectivity index (χ2v) is 7.01. The summed E-state index contributed by atoms with van der Waals surface area (Å²) in [5.41, 5.74) is 1.15. The molecule has 1 N–H and O–H groups in total. The fourth-order valence-corrected chi connectivity index (χ4v) is 3.33. The highest BCUT2D eigenvalue weighted by molar-refractivity contribution is 6.32. The van der Waals surface area contributed by atoms with Gasteiger partial charge in [-0.1, -0.05) is 41.4 Å². The normalized spacial score (nSPS) is 16.0. The molecule has 4 nitrogen and oxygen atoms in total. The third-order valence-electron chi connectivity index (χ3n) is 4.28. The third-order valence-corrected chi connectivity index (χ3v) is 4.83. The van der Waals surface area contributed by atoms with Crippen molar-refractivity contribution in [2.75, 3.05) is 44.2 Å². The maximum atomic E-state index is 10.2. The van der Waals surface area contributed by atoms with E-state index in [9.17, 15) is 5.11 Å². The van der Waals surface area contributed by atoms with Crippen molar-refractivity contribution in [1.29, 1.82) is 0 Å². The Hall–Kier alpha value is -1.17. The number of rotatable bonds is 6. The Labute approximate surface area is 170 Å². The van der Waals surface area contributed by atoms with Gasteiger partial charge in [-0.2, -0.15) is 0 Å². The zero-order valence-corrected chi connectivity index (χ0v) is 16.7. The van der Waals surface area contributed by atoms with E-state index >= 15 is 0 Å². The van der Waals surface area contributed by atoms with Crippen LogP contribution in [0.2, 0.25) is 10.0 Å². The summed E-state index contributed by atoms with van der Waals surface area (Å²) in [4.78, 5) is 4.57. The zero-order chi connectivity index (χ0) is 17.6. The van der Waals surface area contributed by atoms with E-state index in [0.29, 0.717) is 17.3 Å². The van der Waals surface area contributed by atoms with Gasteiger partial charge in [-0.3, -0.25) is 4.90 Å². The molecule has 0 spiro atoms. The highest BCUT2D eigenvalue weighted by Crippen LogP contribution is 2.23.